The number of aromatic amines is 1. The van der Waals surface area contributed by atoms with Crippen molar-refractivity contribution >= 4 is 16.8 Å². The molecular weight excluding hydrogens is 320 g/mol. The van der Waals surface area contributed by atoms with E-state index >= 15 is 0 Å². The van der Waals surface area contributed by atoms with Gasteiger partial charge in [0.25, 0.3) is 5.56 Å². The lowest BCUT2D eigenvalue weighted by atomic mass is 9.83. The average molecular weight is 344 g/mol. The number of benzene rings is 1. The van der Waals surface area contributed by atoms with Crippen molar-refractivity contribution in [2.75, 3.05) is 14.2 Å². The second-order valence-corrected chi connectivity index (χ2v) is 6.67. The van der Waals surface area contributed by atoms with Crippen molar-refractivity contribution in [3.63, 3.8) is 0 Å². The molecule has 1 saturated carbocycles. The Labute approximate surface area is 146 Å². The van der Waals surface area contributed by atoms with Crippen LogP contribution in [-0.4, -0.2) is 47.1 Å². The van der Waals surface area contributed by atoms with Crippen LogP contribution in [0.15, 0.2) is 29.1 Å². The summed E-state index contributed by atoms with van der Waals surface area (Å²) < 4.78 is 5.39. The summed E-state index contributed by atoms with van der Waals surface area (Å²) in [5, 5.41) is 0.546. The monoisotopic (exact) mass is 344 g/mol. The van der Waals surface area contributed by atoms with Crippen LogP contribution in [0.2, 0.25) is 0 Å². The SMILES string of the molecule is CO[C@@H]1C[C@@H](C(=O)N(C)Cc2nc3ccccc3c(=O)[nH]2)CC[C@H]1N. The lowest BCUT2D eigenvalue weighted by Crippen LogP contribution is -2.45. The molecule has 0 aliphatic heterocycles. The van der Waals surface area contributed by atoms with Gasteiger partial charge in [0.05, 0.1) is 23.6 Å². The molecule has 3 N–H and O–H groups in total. The number of rotatable bonds is 4. The predicted octanol–water partition coefficient (Wildman–Crippen LogP) is 1.02. The van der Waals surface area contributed by atoms with Crippen LogP contribution in [0.5, 0.6) is 0 Å². The van der Waals surface area contributed by atoms with E-state index in [-0.39, 0.29) is 36.1 Å². The van der Waals surface area contributed by atoms with E-state index in [2.05, 4.69) is 9.97 Å². The highest BCUT2D eigenvalue weighted by molar-refractivity contribution is 5.79. The zero-order valence-corrected chi connectivity index (χ0v) is 14.6. The Bertz CT molecular complexity index is 819. The van der Waals surface area contributed by atoms with Gasteiger partial charge < -0.3 is 20.4 Å². The molecule has 0 bridgehead atoms. The number of nitrogens with two attached hydrogens (primary N) is 1. The van der Waals surface area contributed by atoms with Crippen molar-refractivity contribution in [2.45, 2.75) is 38.0 Å². The molecule has 1 aliphatic rings. The summed E-state index contributed by atoms with van der Waals surface area (Å²) in [6.45, 7) is 0.263. The van der Waals surface area contributed by atoms with Crippen LogP contribution in [0.3, 0.4) is 0 Å². The number of aromatic nitrogens is 2. The van der Waals surface area contributed by atoms with Crippen molar-refractivity contribution < 1.29 is 9.53 Å². The van der Waals surface area contributed by atoms with Crippen molar-refractivity contribution in [3.8, 4) is 0 Å². The van der Waals surface area contributed by atoms with Gasteiger partial charge in [0.1, 0.15) is 5.82 Å². The van der Waals surface area contributed by atoms with Crippen molar-refractivity contribution in [1.29, 1.82) is 0 Å². The Hall–Kier alpha value is -2.25. The third-order valence-electron chi connectivity index (χ3n) is 4.92. The fraction of sp³-hybridized carbons (Fsp3) is 0.500. The first-order valence-electron chi connectivity index (χ1n) is 8.51. The van der Waals surface area contributed by atoms with Gasteiger partial charge in [-0.3, -0.25) is 9.59 Å². The van der Waals surface area contributed by atoms with Crippen LogP contribution in [0.25, 0.3) is 10.9 Å². The number of fused-ring (bicyclic) bond motifs is 1. The highest BCUT2D eigenvalue weighted by Crippen LogP contribution is 2.27. The number of amides is 1. The van der Waals surface area contributed by atoms with E-state index in [1.165, 1.54) is 0 Å². The standard InChI is InChI=1S/C18H24N4O3/c1-22(18(24)11-7-8-13(19)15(9-11)25-2)10-16-20-14-6-4-3-5-12(14)17(23)21-16/h3-6,11,13,15H,7-10,19H2,1-2H3,(H,20,21,23)/t11-,13+,15+/m0/s1. The van der Waals surface area contributed by atoms with E-state index in [0.29, 0.717) is 23.1 Å². The predicted molar refractivity (Wildman–Crippen MR) is 95.0 cm³/mol. The minimum Gasteiger partial charge on any atom is -0.380 e. The number of nitrogens with one attached hydrogen (secondary N) is 1. The van der Waals surface area contributed by atoms with E-state index in [9.17, 15) is 9.59 Å². The fourth-order valence-corrected chi connectivity index (χ4v) is 3.47. The van der Waals surface area contributed by atoms with Crippen LogP contribution in [0, 0.1) is 5.92 Å². The molecule has 134 valence electrons. The second kappa shape index (κ2) is 7.33. The number of ether oxygens (including phenoxy) is 1. The van der Waals surface area contributed by atoms with E-state index < -0.39 is 0 Å². The summed E-state index contributed by atoms with van der Waals surface area (Å²) in [6, 6.07) is 7.15. The maximum Gasteiger partial charge on any atom is 0.258 e. The summed E-state index contributed by atoms with van der Waals surface area (Å²) >= 11 is 0. The quantitative estimate of drug-likeness (QED) is 0.862. The Morgan fingerprint density at radius 1 is 1.40 bits per heavy atom. The molecule has 1 amide bonds. The van der Waals surface area contributed by atoms with Crippen molar-refractivity contribution in [2.24, 2.45) is 11.7 Å². The average Bonchev–Trinajstić information content (AvgIpc) is 2.61. The maximum absolute atomic E-state index is 12.7. The molecular formula is C18H24N4O3. The summed E-state index contributed by atoms with van der Waals surface area (Å²) in [5.74, 6) is 0.405. The number of hydrogen-bond donors (Lipinski definition) is 2. The molecule has 7 nitrogen and oxygen atoms in total. The van der Waals surface area contributed by atoms with Crippen LogP contribution < -0.4 is 11.3 Å². The minimum atomic E-state index is -0.190. The zero-order valence-electron chi connectivity index (χ0n) is 14.6. The van der Waals surface area contributed by atoms with Gasteiger partial charge in [0, 0.05) is 26.1 Å². The zero-order chi connectivity index (χ0) is 18.0. The third-order valence-corrected chi connectivity index (χ3v) is 4.92. The van der Waals surface area contributed by atoms with Crippen LogP contribution in [-0.2, 0) is 16.1 Å². The molecule has 1 heterocycles. The molecule has 2 aromatic rings. The van der Waals surface area contributed by atoms with E-state index in [1.807, 2.05) is 6.07 Å². The molecule has 7 heteroatoms. The molecule has 3 rings (SSSR count). The van der Waals surface area contributed by atoms with E-state index in [1.54, 1.807) is 37.3 Å². The van der Waals surface area contributed by atoms with Crippen LogP contribution >= 0.6 is 0 Å². The van der Waals surface area contributed by atoms with Gasteiger partial charge in [-0.2, -0.15) is 0 Å². The smallest absolute Gasteiger partial charge is 0.258 e. The molecule has 0 unspecified atom stereocenters. The first-order chi connectivity index (χ1) is 12.0. The minimum absolute atomic E-state index is 0.0159. The van der Waals surface area contributed by atoms with Gasteiger partial charge in [-0.15, -0.1) is 0 Å². The highest BCUT2D eigenvalue weighted by atomic mass is 16.5. The largest absolute Gasteiger partial charge is 0.380 e. The van der Waals surface area contributed by atoms with Gasteiger partial charge >= 0.3 is 0 Å². The van der Waals surface area contributed by atoms with Gasteiger partial charge in [-0.05, 0) is 31.4 Å². The fourth-order valence-electron chi connectivity index (χ4n) is 3.47. The lowest BCUT2D eigenvalue weighted by molar-refractivity contribution is -0.137. The van der Waals surface area contributed by atoms with E-state index in [4.69, 9.17) is 10.5 Å². The normalized spacial score (nSPS) is 23.6. The van der Waals surface area contributed by atoms with Crippen molar-refractivity contribution in [1.82, 2.24) is 14.9 Å². The number of H-pyrrole nitrogens is 1. The molecule has 0 saturated heterocycles. The lowest BCUT2D eigenvalue weighted by Gasteiger charge is -2.34. The number of methoxy groups -OCH3 is 1. The number of nitrogens with zero attached hydrogens (tertiary/aromatic N) is 2. The van der Waals surface area contributed by atoms with Crippen molar-refractivity contribution in [3.05, 3.63) is 40.4 Å². The summed E-state index contributed by atoms with van der Waals surface area (Å²) in [6.07, 6.45) is 2.07. The van der Waals surface area contributed by atoms with E-state index in [0.717, 1.165) is 12.8 Å². The topological polar surface area (TPSA) is 101 Å². The number of hydrogen-bond acceptors (Lipinski definition) is 5. The third kappa shape index (κ3) is 3.72. The van der Waals surface area contributed by atoms with Crippen LogP contribution in [0.1, 0.15) is 25.1 Å². The molecule has 1 aliphatic carbocycles. The maximum atomic E-state index is 12.7. The van der Waals surface area contributed by atoms with Gasteiger partial charge in [0.2, 0.25) is 5.91 Å². The number of carbonyl (C=O) groups excluding carboxylic acids is 1. The highest BCUT2D eigenvalue weighted by Gasteiger charge is 2.33. The Balaban J connectivity index is 1.72. The molecule has 25 heavy (non-hydrogen) atoms. The summed E-state index contributed by atoms with van der Waals surface area (Å²) in [4.78, 5) is 33.7. The van der Waals surface area contributed by atoms with Crippen LogP contribution in [0.4, 0.5) is 0 Å². The number of para-hydroxylation sites is 1. The number of carbonyl (C=O) groups is 1. The molecule has 0 radical (unpaired) electrons. The molecule has 0 spiro atoms. The van der Waals surface area contributed by atoms with Gasteiger partial charge in [0.15, 0.2) is 0 Å². The van der Waals surface area contributed by atoms with Gasteiger partial charge in [-0.25, -0.2) is 4.98 Å². The molecule has 3 atom stereocenters. The Kier molecular flexibility index (Phi) is 5.15. The first kappa shape index (κ1) is 17.6. The molecule has 1 aromatic carbocycles. The summed E-state index contributed by atoms with van der Waals surface area (Å²) in [7, 11) is 3.36. The Morgan fingerprint density at radius 3 is 2.92 bits per heavy atom. The second-order valence-electron chi connectivity index (χ2n) is 6.67. The molecule has 1 aromatic heterocycles. The Morgan fingerprint density at radius 2 is 2.16 bits per heavy atom. The van der Waals surface area contributed by atoms with Gasteiger partial charge in [-0.1, -0.05) is 12.1 Å². The summed E-state index contributed by atoms with van der Waals surface area (Å²) in [5.41, 5.74) is 6.46. The molecule has 1 fully saturated rings. The first-order valence-corrected chi connectivity index (χ1v) is 8.51.